The van der Waals surface area contributed by atoms with Crippen LogP contribution in [0.1, 0.15) is 45.4 Å². The Morgan fingerprint density at radius 2 is 2.12 bits per heavy atom. The molecule has 4 heteroatoms. The van der Waals surface area contributed by atoms with Crippen molar-refractivity contribution in [3.63, 3.8) is 0 Å². The number of primary amides is 1. The lowest BCUT2D eigenvalue weighted by Crippen LogP contribution is -2.50. The SMILES string of the molecule is CCCCN(CC(NC1CC1)C(N)=O)C1CC1. The van der Waals surface area contributed by atoms with Crippen LogP contribution in [0, 0.1) is 0 Å². The summed E-state index contributed by atoms with van der Waals surface area (Å²) >= 11 is 0. The first-order chi connectivity index (χ1) is 8.20. The Morgan fingerprint density at radius 3 is 2.59 bits per heavy atom. The molecule has 0 spiro atoms. The number of nitrogens with two attached hydrogens (primary N) is 1. The predicted octanol–water partition coefficient (Wildman–Crippen LogP) is 0.857. The molecule has 0 heterocycles. The minimum absolute atomic E-state index is 0.153. The predicted molar refractivity (Wildman–Crippen MR) is 68.6 cm³/mol. The maximum atomic E-state index is 11.4. The topological polar surface area (TPSA) is 58.4 Å². The van der Waals surface area contributed by atoms with Crippen LogP contribution in [0.25, 0.3) is 0 Å². The molecule has 0 aromatic heterocycles. The lowest BCUT2D eigenvalue weighted by Gasteiger charge is -2.26. The van der Waals surface area contributed by atoms with Gasteiger partial charge in [0.15, 0.2) is 0 Å². The Morgan fingerprint density at radius 1 is 1.41 bits per heavy atom. The summed E-state index contributed by atoms with van der Waals surface area (Å²) in [5, 5.41) is 3.36. The Kier molecular flexibility index (Phi) is 4.40. The number of hydrogen-bond donors (Lipinski definition) is 2. The van der Waals surface area contributed by atoms with Gasteiger partial charge in [-0.15, -0.1) is 0 Å². The molecule has 0 saturated heterocycles. The molecule has 2 saturated carbocycles. The molecule has 2 aliphatic rings. The number of nitrogens with zero attached hydrogens (tertiary/aromatic N) is 1. The van der Waals surface area contributed by atoms with Gasteiger partial charge in [-0.2, -0.15) is 0 Å². The molecule has 0 radical (unpaired) electrons. The smallest absolute Gasteiger partial charge is 0.235 e. The molecule has 0 aromatic rings. The third-order valence-corrected chi connectivity index (χ3v) is 3.64. The molecule has 3 N–H and O–H groups in total. The lowest BCUT2D eigenvalue weighted by molar-refractivity contribution is -0.120. The molecule has 1 unspecified atom stereocenters. The van der Waals surface area contributed by atoms with Gasteiger partial charge in [0.05, 0.1) is 6.04 Å². The molecule has 1 atom stereocenters. The van der Waals surface area contributed by atoms with Crippen LogP contribution in [0.4, 0.5) is 0 Å². The maximum absolute atomic E-state index is 11.4. The van der Waals surface area contributed by atoms with Crippen molar-refractivity contribution in [2.45, 2.75) is 63.6 Å². The first-order valence-corrected chi connectivity index (χ1v) is 7.00. The van der Waals surface area contributed by atoms with Crippen molar-refractivity contribution < 1.29 is 4.79 Å². The Bertz CT molecular complexity index is 261. The van der Waals surface area contributed by atoms with E-state index >= 15 is 0 Å². The van der Waals surface area contributed by atoms with Gasteiger partial charge < -0.3 is 11.1 Å². The number of hydrogen-bond acceptors (Lipinski definition) is 3. The van der Waals surface area contributed by atoms with Gasteiger partial charge in [-0.3, -0.25) is 9.69 Å². The van der Waals surface area contributed by atoms with Crippen LogP contribution in [0.3, 0.4) is 0 Å². The van der Waals surface area contributed by atoms with Crippen LogP contribution in [0.15, 0.2) is 0 Å². The molecular weight excluding hydrogens is 214 g/mol. The standard InChI is InChI=1S/C13H25N3O/c1-2-3-8-16(11-6-7-11)9-12(13(14)17)15-10-4-5-10/h10-12,15H,2-9H2,1H3,(H2,14,17). The van der Waals surface area contributed by atoms with Crippen LogP contribution >= 0.6 is 0 Å². The molecule has 98 valence electrons. The van der Waals surface area contributed by atoms with E-state index in [-0.39, 0.29) is 11.9 Å². The van der Waals surface area contributed by atoms with Gasteiger partial charge >= 0.3 is 0 Å². The lowest BCUT2D eigenvalue weighted by atomic mass is 10.2. The van der Waals surface area contributed by atoms with Gasteiger partial charge in [-0.25, -0.2) is 0 Å². The average molecular weight is 239 g/mol. The van der Waals surface area contributed by atoms with Gasteiger partial charge in [0.1, 0.15) is 0 Å². The molecule has 0 bridgehead atoms. The largest absolute Gasteiger partial charge is 0.368 e. The number of unbranched alkanes of at least 4 members (excludes halogenated alkanes) is 1. The van der Waals surface area contributed by atoms with Crippen LogP contribution in [-0.4, -0.2) is 42.0 Å². The van der Waals surface area contributed by atoms with E-state index in [0.29, 0.717) is 12.1 Å². The molecule has 17 heavy (non-hydrogen) atoms. The summed E-state index contributed by atoms with van der Waals surface area (Å²) in [6, 6.07) is 1.10. The van der Waals surface area contributed by atoms with Crippen molar-refractivity contribution in [3.8, 4) is 0 Å². The molecular formula is C13H25N3O. The summed E-state index contributed by atoms with van der Waals surface area (Å²) in [5.74, 6) is -0.195. The summed E-state index contributed by atoms with van der Waals surface area (Å²) in [6.07, 6.45) is 7.40. The third-order valence-electron chi connectivity index (χ3n) is 3.64. The van der Waals surface area contributed by atoms with Crippen molar-refractivity contribution in [3.05, 3.63) is 0 Å². The van der Waals surface area contributed by atoms with E-state index in [4.69, 9.17) is 5.73 Å². The van der Waals surface area contributed by atoms with Gasteiger partial charge in [0, 0.05) is 18.6 Å². The van der Waals surface area contributed by atoms with Gasteiger partial charge in [-0.05, 0) is 38.6 Å². The van der Waals surface area contributed by atoms with Gasteiger partial charge in [0.25, 0.3) is 0 Å². The van der Waals surface area contributed by atoms with E-state index in [2.05, 4.69) is 17.1 Å². The van der Waals surface area contributed by atoms with Crippen molar-refractivity contribution in [1.82, 2.24) is 10.2 Å². The first-order valence-electron chi connectivity index (χ1n) is 7.00. The Labute approximate surface area is 104 Å². The monoisotopic (exact) mass is 239 g/mol. The summed E-state index contributed by atoms with van der Waals surface area (Å²) in [4.78, 5) is 13.9. The minimum Gasteiger partial charge on any atom is -0.368 e. The quantitative estimate of drug-likeness (QED) is 0.627. The summed E-state index contributed by atoms with van der Waals surface area (Å²) in [7, 11) is 0. The second-order valence-corrected chi connectivity index (χ2v) is 5.48. The van der Waals surface area contributed by atoms with Crippen LogP contribution < -0.4 is 11.1 Å². The summed E-state index contributed by atoms with van der Waals surface area (Å²) in [5.41, 5.74) is 5.48. The Balaban J connectivity index is 1.81. The average Bonchev–Trinajstić information content (AvgIpc) is 3.15. The molecule has 1 amide bonds. The highest BCUT2D eigenvalue weighted by molar-refractivity contribution is 5.80. The second kappa shape index (κ2) is 5.83. The van der Waals surface area contributed by atoms with Gasteiger partial charge in [-0.1, -0.05) is 13.3 Å². The van der Waals surface area contributed by atoms with Crippen molar-refractivity contribution in [2.75, 3.05) is 13.1 Å². The highest BCUT2D eigenvalue weighted by atomic mass is 16.1. The van der Waals surface area contributed by atoms with Crippen molar-refractivity contribution in [2.24, 2.45) is 5.73 Å². The molecule has 0 aliphatic heterocycles. The molecule has 2 rings (SSSR count). The van der Waals surface area contributed by atoms with E-state index in [9.17, 15) is 4.79 Å². The molecule has 2 fully saturated rings. The van der Waals surface area contributed by atoms with E-state index in [1.54, 1.807) is 0 Å². The zero-order valence-electron chi connectivity index (χ0n) is 10.8. The fraction of sp³-hybridized carbons (Fsp3) is 0.923. The second-order valence-electron chi connectivity index (χ2n) is 5.48. The minimum atomic E-state index is -0.195. The van der Waals surface area contributed by atoms with Crippen LogP contribution in [0.2, 0.25) is 0 Å². The third kappa shape index (κ3) is 4.28. The number of carbonyl (C=O) groups excluding carboxylic acids is 1. The zero-order chi connectivity index (χ0) is 12.3. The van der Waals surface area contributed by atoms with Crippen LogP contribution in [0.5, 0.6) is 0 Å². The van der Waals surface area contributed by atoms with E-state index in [1.807, 2.05) is 0 Å². The fourth-order valence-electron chi connectivity index (χ4n) is 2.22. The normalized spacial score (nSPS) is 21.8. The number of carbonyl (C=O) groups is 1. The van der Waals surface area contributed by atoms with E-state index < -0.39 is 0 Å². The fourth-order valence-corrected chi connectivity index (χ4v) is 2.22. The van der Waals surface area contributed by atoms with E-state index in [1.165, 1.54) is 38.5 Å². The highest BCUT2D eigenvalue weighted by Gasteiger charge is 2.33. The summed E-state index contributed by atoms with van der Waals surface area (Å²) in [6.45, 7) is 4.12. The number of nitrogens with one attached hydrogen (secondary N) is 1. The Hall–Kier alpha value is -0.610. The number of amides is 1. The first kappa shape index (κ1) is 12.8. The molecule has 4 nitrogen and oxygen atoms in total. The zero-order valence-corrected chi connectivity index (χ0v) is 10.8. The highest BCUT2D eigenvalue weighted by Crippen LogP contribution is 2.27. The van der Waals surface area contributed by atoms with Crippen LogP contribution in [-0.2, 0) is 4.79 Å². The van der Waals surface area contributed by atoms with Crippen molar-refractivity contribution >= 4 is 5.91 Å². The van der Waals surface area contributed by atoms with E-state index in [0.717, 1.165) is 13.1 Å². The number of rotatable bonds is 9. The molecule has 0 aromatic carbocycles. The molecule has 2 aliphatic carbocycles. The maximum Gasteiger partial charge on any atom is 0.235 e. The van der Waals surface area contributed by atoms with Gasteiger partial charge in [0.2, 0.25) is 5.91 Å². The summed E-state index contributed by atoms with van der Waals surface area (Å²) < 4.78 is 0. The van der Waals surface area contributed by atoms with Crippen molar-refractivity contribution in [1.29, 1.82) is 0 Å².